The minimum absolute atomic E-state index is 0.0599. The third-order valence-electron chi connectivity index (χ3n) is 4.02. The second-order valence-corrected chi connectivity index (χ2v) is 6.76. The van der Waals surface area contributed by atoms with Crippen molar-refractivity contribution >= 4 is 27.4 Å². The maximum Gasteiger partial charge on any atom is 0.212 e. The van der Waals surface area contributed by atoms with Crippen molar-refractivity contribution in [3.63, 3.8) is 0 Å². The zero-order valence-electron chi connectivity index (χ0n) is 13.6. The van der Waals surface area contributed by atoms with E-state index in [9.17, 15) is 9.50 Å². The fraction of sp³-hybridized carbons (Fsp3) is 0.105. The summed E-state index contributed by atoms with van der Waals surface area (Å²) < 4.78 is 13.9. The fourth-order valence-electron chi connectivity index (χ4n) is 2.71. The van der Waals surface area contributed by atoms with Gasteiger partial charge in [0.25, 0.3) is 0 Å². The number of aliphatic hydroxyl groups is 1. The number of hydrogen-bond acceptors (Lipinski definition) is 6. The highest BCUT2D eigenvalue weighted by Crippen LogP contribution is 2.36. The molecule has 1 unspecified atom stereocenters. The summed E-state index contributed by atoms with van der Waals surface area (Å²) >= 11 is 1.50. The molecule has 0 saturated carbocycles. The van der Waals surface area contributed by atoms with Gasteiger partial charge in [-0.2, -0.15) is 4.39 Å². The highest BCUT2D eigenvalue weighted by atomic mass is 32.1. The van der Waals surface area contributed by atoms with E-state index in [-0.39, 0.29) is 12.6 Å². The molecule has 2 N–H and O–H groups in total. The smallest absolute Gasteiger partial charge is 0.212 e. The fourth-order valence-corrected chi connectivity index (χ4v) is 3.76. The van der Waals surface area contributed by atoms with E-state index >= 15 is 0 Å². The van der Waals surface area contributed by atoms with E-state index < -0.39 is 5.95 Å². The Morgan fingerprint density at radius 2 is 1.92 bits per heavy atom. The number of aromatic nitrogens is 3. The minimum atomic E-state index is -0.509. The maximum atomic E-state index is 13.1. The first-order valence-corrected chi connectivity index (χ1v) is 8.85. The molecule has 7 heteroatoms. The Morgan fingerprint density at radius 1 is 1.08 bits per heavy atom. The van der Waals surface area contributed by atoms with E-state index in [1.807, 2.05) is 36.4 Å². The summed E-state index contributed by atoms with van der Waals surface area (Å²) in [5.74, 6) is 0.148. The van der Waals surface area contributed by atoms with Gasteiger partial charge in [-0.3, -0.25) is 0 Å². The zero-order valence-corrected chi connectivity index (χ0v) is 14.4. The van der Waals surface area contributed by atoms with Crippen molar-refractivity contribution in [3.8, 4) is 10.4 Å². The van der Waals surface area contributed by atoms with Gasteiger partial charge < -0.3 is 10.4 Å². The van der Waals surface area contributed by atoms with E-state index in [0.717, 1.165) is 26.2 Å². The van der Waals surface area contributed by atoms with Crippen LogP contribution >= 0.6 is 11.3 Å². The van der Waals surface area contributed by atoms with Crippen LogP contribution in [0.4, 0.5) is 10.2 Å². The van der Waals surface area contributed by atoms with E-state index in [1.54, 1.807) is 6.07 Å². The van der Waals surface area contributed by atoms with Gasteiger partial charge in [-0.25, -0.2) is 15.0 Å². The van der Waals surface area contributed by atoms with E-state index in [2.05, 4.69) is 20.3 Å². The van der Waals surface area contributed by atoms with Crippen molar-refractivity contribution in [2.75, 3.05) is 11.9 Å². The van der Waals surface area contributed by atoms with E-state index in [1.165, 1.54) is 29.9 Å². The average molecular weight is 366 g/mol. The van der Waals surface area contributed by atoms with Gasteiger partial charge in [-0.1, -0.05) is 30.3 Å². The Balaban J connectivity index is 1.70. The zero-order chi connectivity index (χ0) is 17.9. The van der Waals surface area contributed by atoms with E-state index in [0.29, 0.717) is 5.82 Å². The van der Waals surface area contributed by atoms with Gasteiger partial charge in [0.15, 0.2) is 0 Å². The molecule has 5 nitrogen and oxygen atoms in total. The van der Waals surface area contributed by atoms with Gasteiger partial charge >= 0.3 is 0 Å². The minimum Gasteiger partial charge on any atom is -0.394 e. The van der Waals surface area contributed by atoms with Gasteiger partial charge in [0.2, 0.25) is 5.95 Å². The van der Waals surface area contributed by atoms with Crippen molar-refractivity contribution in [2.45, 2.75) is 6.04 Å². The third kappa shape index (κ3) is 3.26. The van der Waals surface area contributed by atoms with Crippen LogP contribution in [0.3, 0.4) is 0 Å². The van der Waals surface area contributed by atoms with Crippen LogP contribution in [0.2, 0.25) is 0 Å². The molecule has 0 aliphatic carbocycles. The lowest BCUT2D eigenvalue weighted by Crippen LogP contribution is -2.15. The Morgan fingerprint density at radius 3 is 2.65 bits per heavy atom. The Hall–Kier alpha value is -2.90. The topological polar surface area (TPSA) is 70.9 Å². The molecule has 0 aliphatic rings. The van der Waals surface area contributed by atoms with Crippen LogP contribution in [-0.4, -0.2) is 26.7 Å². The lowest BCUT2D eigenvalue weighted by Gasteiger charge is -2.17. The molecule has 4 aromatic rings. The number of halogens is 1. The molecular weight excluding hydrogens is 351 g/mol. The molecule has 0 bridgehead atoms. The number of rotatable bonds is 5. The summed E-state index contributed by atoms with van der Waals surface area (Å²) in [6.45, 7) is -0.0599. The number of anilines is 1. The first-order valence-electron chi connectivity index (χ1n) is 8.03. The summed E-state index contributed by atoms with van der Waals surface area (Å²) in [5, 5.41) is 13.1. The molecule has 0 saturated heterocycles. The first-order chi connectivity index (χ1) is 12.7. The largest absolute Gasteiger partial charge is 0.394 e. The monoisotopic (exact) mass is 366 g/mol. The van der Waals surface area contributed by atoms with Crippen LogP contribution in [0, 0.1) is 5.95 Å². The quantitative estimate of drug-likeness (QED) is 0.522. The molecule has 0 fully saturated rings. The Kier molecular flexibility index (Phi) is 4.55. The number of aliphatic hydroxyl groups excluding tert-OH is 1. The Labute approximate surface area is 153 Å². The van der Waals surface area contributed by atoms with Crippen LogP contribution in [0.1, 0.15) is 11.6 Å². The van der Waals surface area contributed by atoms with Crippen LogP contribution in [0.15, 0.2) is 61.1 Å². The van der Waals surface area contributed by atoms with Crippen LogP contribution in [-0.2, 0) is 0 Å². The summed E-state index contributed by atoms with van der Waals surface area (Å²) in [6, 6.07) is 14.4. The number of hydrogen-bond donors (Lipinski definition) is 2. The predicted octanol–water partition coefficient (Wildman–Crippen LogP) is 4.04. The number of fused-ring (bicyclic) bond motifs is 1. The highest BCUT2D eigenvalue weighted by Gasteiger charge is 2.15. The molecule has 0 aliphatic heterocycles. The SMILES string of the molecule is OCC(Nc1ncnc2cc(-c3ccc(F)nc3)sc12)c1ccccc1. The van der Waals surface area contributed by atoms with Gasteiger partial charge in [-0.05, 0) is 23.8 Å². The van der Waals surface area contributed by atoms with Crippen molar-refractivity contribution in [1.82, 2.24) is 15.0 Å². The van der Waals surface area contributed by atoms with Gasteiger partial charge in [0, 0.05) is 16.6 Å². The van der Waals surface area contributed by atoms with Crippen molar-refractivity contribution in [2.24, 2.45) is 0 Å². The molecule has 1 aromatic carbocycles. The number of benzene rings is 1. The van der Waals surface area contributed by atoms with Gasteiger partial charge in [0.1, 0.15) is 12.1 Å². The molecule has 1 atom stereocenters. The number of pyridine rings is 1. The number of thiophene rings is 1. The molecule has 3 aromatic heterocycles. The Bertz CT molecular complexity index is 1020. The number of nitrogens with zero attached hydrogens (tertiary/aromatic N) is 3. The third-order valence-corrected chi connectivity index (χ3v) is 5.20. The average Bonchev–Trinajstić information content (AvgIpc) is 3.12. The normalized spacial score (nSPS) is 12.2. The second-order valence-electron chi connectivity index (χ2n) is 5.71. The summed E-state index contributed by atoms with van der Waals surface area (Å²) in [4.78, 5) is 13.3. The highest BCUT2D eigenvalue weighted by molar-refractivity contribution is 7.22. The van der Waals surface area contributed by atoms with Crippen molar-refractivity contribution < 1.29 is 9.50 Å². The van der Waals surface area contributed by atoms with Crippen LogP contribution in [0.5, 0.6) is 0 Å². The van der Waals surface area contributed by atoms with Crippen molar-refractivity contribution in [3.05, 3.63) is 72.6 Å². The van der Waals surface area contributed by atoms with Crippen molar-refractivity contribution in [1.29, 1.82) is 0 Å². The maximum absolute atomic E-state index is 13.1. The van der Waals surface area contributed by atoms with Gasteiger partial charge in [-0.15, -0.1) is 11.3 Å². The lowest BCUT2D eigenvalue weighted by atomic mass is 10.1. The van der Waals surface area contributed by atoms with Gasteiger partial charge in [0.05, 0.1) is 22.9 Å². The summed E-state index contributed by atoms with van der Waals surface area (Å²) in [6.07, 6.45) is 2.99. The second kappa shape index (κ2) is 7.15. The van der Waals surface area contributed by atoms with Crippen LogP contribution < -0.4 is 5.32 Å². The molecule has 0 spiro atoms. The lowest BCUT2D eigenvalue weighted by molar-refractivity contribution is 0.276. The summed E-state index contributed by atoms with van der Waals surface area (Å²) in [7, 11) is 0. The molecular formula is C19H15FN4OS. The molecule has 26 heavy (non-hydrogen) atoms. The van der Waals surface area contributed by atoms with Crippen LogP contribution in [0.25, 0.3) is 20.7 Å². The molecule has 130 valence electrons. The molecule has 3 heterocycles. The number of nitrogens with one attached hydrogen (secondary N) is 1. The standard InChI is InChI=1S/C19H15FN4OS/c20-17-7-6-13(9-21-17)16-8-14-18(26-16)19(23-11-22-14)24-15(10-25)12-4-2-1-3-5-12/h1-9,11,15,25H,10H2,(H,22,23,24). The van der Waals surface area contributed by atoms with E-state index in [4.69, 9.17) is 0 Å². The molecule has 0 radical (unpaired) electrons. The summed E-state index contributed by atoms with van der Waals surface area (Å²) in [5.41, 5.74) is 2.58. The molecule has 4 rings (SSSR count). The predicted molar refractivity (Wildman–Crippen MR) is 100 cm³/mol. The molecule has 0 amide bonds. The first kappa shape index (κ1) is 16.6.